The molecule has 0 spiro atoms. The smallest absolute Gasteiger partial charge is 0.417 e. The van der Waals surface area contributed by atoms with E-state index in [9.17, 15) is 27.2 Å². The van der Waals surface area contributed by atoms with Gasteiger partial charge in [0, 0.05) is 6.54 Å². The summed E-state index contributed by atoms with van der Waals surface area (Å²) in [4.78, 5) is 24.0. The molecule has 21 heavy (non-hydrogen) atoms. The van der Waals surface area contributed by atoms with Gasteiger partial charge in [0.05, 0.1) is 11.1 Å². The first kappa shape index (κ1) is 15.3. The summed E-state index contributed by atoms with van der Waals surface area (Å²) in [5.41, 5.74) is -2.53. The second-order valence-corrected chi connectivity index (χ2v) is 4.65. The molecule has 114 valence electrons. The number of rotatable bonds is 2. The Hall–Kier alpha value is -2.12. The van der Waals surface area contributed by atoms with E-state index in [2.05, 4.69) is 0 Å². The Morgan fingerprint density at radius 1 is 1.29 bits per heavy atom. The van der Waals surface area contributed by atoms with E-state index < -0.39 is 41.0 Å². The Kier molecular flexibility index (Phi) is 3.89. The predicted octanol–water partition coefficient (Wildman–Crippen LogP) is 2.53. The molecule has 0 aromatic heterocycles. The highest BCUT2D eigenvalue weighted by molar-refractivity contribution is 5.98. The molecule has 1 fully saturated rings. The molecule has 1 amide bonds. The van der Waals surface area contributed by atoms with Crippen LogP contribution < -0.4 is 0 Å². The fourth-order valence-corrected chi connectivity index (χ4v) is 2.39. The Morgan fingerprint density at radius 2 is 1.95 bits per heavy atom. The zero-order valence-electron chi connectivity index (χ0n) is 10.7. The minimum atomic E-state index is -4.90. The lowest BCUT2D eigenvalue weighted by molar-refractivity contribution is -0.141. The van der Waals surface area contributed by atoms with Gasteiger partial charge in [-0.2, -0.15) is 13.2 Å². The van der Waals surface area contributed by atoms with Crippen LogP contribution in [0.2, 0.25) is 0 Å². The van der Waals surface area contributed by atoms with E-state index >= 15 is 0 Å². The van der Waals surface area contributed by atoms with Crippen molar-refractivity contribution in [3.8, 4) is 0 Å². The molecular formula is C13H11F4NO3. The van der Waals surface area contributed by atoms with Gasteiger partial charge in [-0.15, -0.1) is 0 Å². The van der Waals surface area contributed by atoms with Gasteiger partial charge < -0.3 is 10.0 Å². The van der Waals surface area contributed by atoms with Crippen LogP contribution in [-0.4, -0.2) is 34.5 Å². The Balaban J connectivity index is 2.47. The van der Waals surface area contributed by atoms with Gasteiger partial charge in [0.1, 0.15) is 11.9 Å². The summed E-state index contributed by atoms with van der Waals surface area (Å²) in [6.07, 6.45) is -4.42. The van der Waals surface area contributed by atoms with E-state index in [-0.39, 0.29) is 13.0 Å². The molecule has 1 aliphatic heterocycles. The Morgan fingerprint density at radius 3 is 2.52 bits per heavy atom. The number of carboxylic acids is 1. The van der Waals surface area contributed by atoms with Crippen LogP contribution in [0.1, 0.15) is 28.8 Å². The van der Waals surface area contributed by atoms with E-state index in [0.29, 0.717) is 12.5 Å². The fraction of sp³-hybridized carbons (Fsp3) is 0.385. The van der Waals surface area contributed by atoms with Crippen LogP contribution in [0.4, 0.5) is 17.6 Å². The summed E-state index contributed by atoms with van der Waals surface area (Å²) in [5, 5.41) is 8.97. The Bertz CT molecular complexity index is 585. The van der Waals surface area contributed by atoms with Crippen LogP contribution in [-0.2, 0) is 11.0 Å². The molecule has 1 atom stereocenters. The first-order valence-corrected chi connectivity index (χ1v) is 6.13. The van der Waals surface area contributed by atoms with E-state index in [1.807, 2.05) is 0 Å². The number of aliphatic carboxylic acids is 1. The minimum Gasteiger partial charge on any atom is -0.480 e. The summed E-state index contributed by atoms with van der Waals surface area (Å²) >= 11 is 0. The van der Waals surface area contributed by atoms with Crippen LogP contribution in [0.5, 0.6) is 0 Å². The average Bonchev–Trinajstić information content (AvgIpc) is 2.85. The molecule has 1 saturated heterocycles. The van der Waals surface area contributed by atoms with Crippen LogP contribution >= 0.6 is 0 Å². The first-order chi connectivity index (χ1) is 9.73. The monoisotopic (exact) mass is 305 g/mol. The highest BCUT2D eigenvalue weighted by Gasteiger charge is 2.41. The number of likely N-dealkylation sites (tertiary alicyclic amines) is 1. The molecule has 2 rings (SSSR count). The molecule has 0 unspecified atom stereocenters. The largest absolute Gasteiger partial charge is 0.480 e. The summed E-state index contributed by atoms with van der Waals surface area (Å²) in [6, 6.07) is 0.975. The molecular weight excluding hydrogens is 294 g/mol. The predicted molar refractivity (Wildman–Crippen MR) is 63.1 cm³/mol. The van der Waals surface area contributed by atoms with Gasteiger partial charge in [-0.05, 0) is 25.0 Å². The van der Waals surface area contributed by atoms with Crippen molar-refractivity contribution < 1.29 is 32.3 Å². The van der Waals surface area contributed by atoms with Gasteiger partial charge in [-0.1, -0.05) is 6.07 Å². The SMILES string of the molecule is O=C(O)[C@@H]1CCCN1C(=O)c1c(F)cccc1C(F)(F)F. The molecule has 1 heterocycles. The number of benzene rings is 1. The van der Waals surface area contributed by atoms with Crippen molar-refractivity contribution in [2.45, 2.75) is 25.1 Å². The minimum absolute atomic E-state index is 0.0125. The maximum absolute atomic E-state index is 13.7. The molecule has 0 saturated carbocycles. The Labute approximate surface area is 117 Å². The van der Waals surface area contributed by atoms with Crippen LogP contribution in [0.15, 0.2) is 18.2 Å². The maximum Gasteiger partial charge on any atom is 0.417 e. The standard InChI is InChI=1S/C13H11F4NO3/c14-8-4-1-3-7(13(15,16)17)10(8)11(19)18-6-2-5-9(18)12(20)21/h1,3-4,9H,2,5-6H2,(H,20,21)/t9-/m0/s1. The lowest BCUT2D eigenvalue weighted by atomic mass is 10.0. The number of hydrogen-bond acceptors (Lipinski definition) is 2. The van der Waals surface area contributed by atoms with Crippen LogP contribution in [0.25, 0.3) is 0 Å². The van der Waals surface area contributed by atoms with Crippen molar-refractivity contribution in [1.82, 2.24) is 4.90 Å². The highest BCUT2D eigenvalue weighted by atomic mass is 19.4. The number of hydrogen-bond donors (Lipinski definition) is 1. The molecule has 0 aliphatic carbocycles. The number of amides is 1. The molecule has 1 aromatic carbocycles. The van der Waals surface area contributed by atoms with E-state index in [1.165, 1.54) is 0 Å². The molecule has 1 aromatic rings. The number of carbonyl (C=O) groups is 2. The number of carbonyl (C=O) groups excluding carboxylic acids is 1. The zero-order valence-corrected chi connectivity index (χ0v) is 10.7. The third-order valence-corrected chi connectivity index (χ3v) is 3.33. The third kappa shape index (κ3) is 2.84. The molecule has 8 heteroatoms. The highest BCUT2D eigenvalue weighted by Crippen LogP contribution is 2.34. The van der Waals surface area contributed by atoms with Crippen molar-refractivity contribution in [3.63, 3.8) is 0 Å². The van der Waals surface area contributed by atoms with Gasteiger partial charge in [0.25, 0.3) is 5.91 Å². The molecule has 0 radical (unpaired) electrons. The summed E-state index contributed by atoms with van der Waals surface area (Å²) < 4.78 is 52.4. The van der Waals surface area contributed by atoms with Gasteiger partial charge in [-0.25, -0.2) is 9.18 Å². The zero-order chi connectivity index (χ0) is 15.8. The molecule has 1 aliphatic rings. The lowest BCUT2D eigenvalue weighted by Crippen LogP contribution is -2.41. The van der Waals surface area contributed by atoms with Crippen molar-refractivity contribution in [2.75, 3.05) is 6.54 Å². The topological polar surface area (TPSA) is 57.6 Å². The van der Waals surface area contributed by atoms with Crippen molar-refractivity contribution in [1.29, 1.82) is 0 Å². The van der Waals surface area contributed by atoms with Crippen LogP contribution in [0.3, 0.4) is 0 Å². The summed E-state index contributed by atoms with van der Waals surface area (Å²) in [6.45, 7) is -0.0125. The van der Waals surface area contributed by atoms with Crippen molar-refractivity contribution >= 4 is 11.9 Å². The van der Waals surface area contributed by atoms with Crippen LogP contribution in [0, 0.1) is 5.82 Å². The summed E-state index contributed by atoms with van der Waals surface area (Å²) in [5.74, 6) is -3.87. The normalized spacial score (nSPS) is 18.9. The van der Waals surface area contributed by atoms with Gasteiger partial charge in [-0.3, -0.25) is 4.79 Å². The van der Waals surface area contributed by atoms with Crippen molar-refractivity contribution in [3.05, 3.63) is 35.1 Å². The van der Waals surface area contributed by atoms with Gasteiger partial charge in [0.2, 0.25) is 0 Å². The number of alkyl halides is 3. The maximum atomic E-state index is 13.7. The second-order valence-electron chi connectivity index (χ2n) is 4.65. The van der Waals surface area contributed by atoms with Gasteiger partial charge >= 0.3 is 12.1 Å². The van der Waals surface area contributed by atoms with E-state index in [0.717, 1.165) is 17.0 Å². The van der Waals surface area contributed by atoms with Crippen molar-refractivity contribution in [2.24, 2.45) is 0 Å². The summed E-state index contributed by atoms with van der Waals surface area (Å²) in [7, 11) is 0. The van der Waals surface area contributed by atoms with Gasteiger partial charge in [0.15, 0.2) is 0 Å². The number of halogens is 4. The quantitative estimate of drug-likeness (QED) is 0.854. The van der Waals surface area contributed by atoms with E-state index in [1.54, 1.807) is 0 Å². The molecule has 0 bridgehead atoms. The number of carboxylic acid groups (broad SMARTS) is 1. The fourth-order valence-electron chi connectivity index (χ4n) is 2.39. The van der Waals surface area contributed by atoms with E-state index in [4.69, 9.17) is 5.11 Å². The molecule has 4 nitrogen and oxygen atoms in total. The number of nitrogens with zero attached hydrogens (tertiary/aromatic N) is 1. The third-order valence-electron chi connectivity index (χ3n) is 3.33. The lowest BCUT2D eigenvalue weighted by Gasteiger charge is -2.23. The first-order valence-electron chi connectivity index (χ1n) is 6.13. The molecule has 1 N–H and O–H groups in total. The second kappa shape index (κ2) is 5.34. The average molecular weight is 305 g/mol.